The molecule has 0 saturated carbocycles. The zero-order chi connectivity index (χ0) is 13.4. The molecule has 1 saturated heterocycles. The number of rotatable bonds is 2. The van der Waals surface area contributed by atoms with Gasteiger partial charge >= 0.3 is 0 Å². The standard InChI is InChI=1S/C14H21N5/c1-10(2)12-9-14(18-7-4-11(15)5-8-18)19-13(17-12)3-6-16-19/h3,6,9-11H,4-5,7-8,15H2,1-2H3. The monoisotopic (exact) mass is 259 g/mol. The molecule has 0 bridgehead atoms. The van der Waals surface area contributed by atoms with Gasteiger partial charge in [0.05, 0.1) is 6.20 Å². The van der Waals surface area contributed by atoms with Gasteiger partial charge in [-0.3, -0.25) is 0 Å². The van der Waals surface area contributed by atoms with E-state index in [0.717, 1.165) is 43.1 Å². The summed E-state index contributed by atoms with van der Waals surface area (Å²) in [7, 11) is 0. The molecular weight excluding hydrogens is 238 g/mol. The molecule has 0 unspecified atom stereocenters. The number of anilines is 1. The maximum Gasteiger partial charge on any atom is 0.157 e. The van der Waals surface area contributed by atoms with Crippen molar-refractivity contribution in [3.05, 3.63) is 24.0 Å². The average molecular weight is 259 g/mol. The van der Waals surface area contributed by atoms with Gasteiger partial charge in [0.2, 0.25) is 0 Å². The number of hydrogen-bond donors (Lipinski definition) is 1. The molecule has 102 valence electrons. The highest BCUT2D eigenvalue weighted by Crippen LogP contribution is 2.24. The van der Waals surface area contributed by atoms with Crippen molar-refractivity contribution in [2.45, 2.75) is 38.6 Å². The van der Waals surface area contributed by atoms with E-state index in [1.807, 2.05) is 16.8 Å². The molecule has 0 atom stereocenters. The van der Waals surface area contributed by atoms with Crippen molar-refractivity contribution in [1.82, 2.24) is 14.6 Å². The second kappa shape index (κ2) is 4.81. The van der Waals surface area contributed by atoms with Gasteiger partial charge in [-0.15, -0.1) is 0 Å². The number of piperidine rings is 1. The average Bonchev–Trinajstić information content (AvgIpc) is 2.86. The lowest BCUT2D eigenvalue weighted by atomic mass is 10.1. The van der Waals surface area contributed by atoms with Crippen molar-refractivity contribution >= 4 is 11.5 Å². The van der Waals surface area contributed by atoms with E-state index in [1.165, 1.54) is 0 Å². The first-order valence-electron chi connectivity index (χ1n) is 7.00. The van der Waals surface area contributed by atoms with Gasteiger partial charge in [0.1, 0.15) is 5.82 Å². The van der Waals surface area contributed by atoms with Gasteiger partial charge < -0.3 is 10.6 Å². The van der Waals surface area contributed by atoms with E-state index < -0.39 is 0 Å². The molecule has 0 aliphatic carbocycles. The van der Waals surface area contributed by atoms with Gasteiger partial charge in [-0.2, -0.15) is 9.61 Å². The van der Waals surface area contributed by atoms with Gasteiger partial charge in [0, 0.05) is 37.0 Å². The zero-order valence-corrected chi connectivity index (χ0v) is 11.6. The van der Waals surface area contributed by atoms with E-state index in [9.17, 15) is 0 Å². The van der Waals surface area contributed by atoms with Crippen molar-refractivity contribution in [2.75, 3.05) is 18.0 Å². The topological polar surface area (TPSA) is 59.5 Å². The zero-order valence-electron chi connectivity index (χ0n) is 11.6. The molecule has 2 aromatic heterocycles. The summed E-state index contributed by atoms with van der Waals surface area (Å²) in [4.78, 5) is 7.03. The van der Waals surface area contributed by atoms with Crippen LogP contribution in [0, 0.1) is 0 Å². The van der Waals surface area contributed by atoms with Crippen LogP contribution in [-0.4, -0.2) is 33.7 Å². The maximum atomic E-state index is 5.98. The number of fused-ring (bicyclic) bond motifs is 1. The third kappa shape index (κ3) is 2.30. The fraction of sp³-hybridized carbons (Fsp3) is 0.571. The minimum Gasteiger partial charge on any atom is -0.356 e. The Balaban J connectivity index is 2.03. The summed E-state index contributed by atoms with van der Waals surface area (Å²) in [6.45, 7) is 6.34. The van der Waals surface area contributed by atoms with Crippen LogP contribution < -0.4 is 10.6 Å². The van der Waals surface area contributed by atoms with Crippen LogP contribution in [0.2, 0.25) is 0 Å². The lowest BCUT2D eigenvalue weighted by Crippen LogP contribution is -2.40. The van der Waals surface area contributed by atoms with E-state index in [1.54, 1.807) is 0 Å². The molecule has 1 aliphatic rings. The number of nitrogens with zero attached hydrogens (tertiary/aromatic N) is 4. The first-order valence-corrected chi connectivity index (χ1v) is 7.00. The Morgan fingerprint density at radius 1 is 1.32 bits per heavy atom. The lowest BCUT2D eigenvalue weighted by Gasteiger charge is -2.32. The summed E-state index contributed by atoms with van der Waals surface area (Å²) >= 11 is 0. The van der Waals surface area contributed by atoms with E-state index >= 15 is 0 Å². The van der Waals surface area contributed by atoms with Crippen molar-refractivity contribution in [3.8, 4) is 0 Å². The van der Waals surface area contributed by atoms with Crippen LogP contribution in [0.15, 0.2) is 18.3 Å². The second-order valence-electron chi connectivity index (χ2n) is 5.62. The van der Waals surface area contributed by atoms with Crippen LogP contribution in [0.3, 0.4) is 0 Å². The highest BCUT2D eigenvalue weighted by atomic mass is 15.3. The predicted octanol–water partition coefficient (Wildman–Crippen LogP) is 1.78. The molecule has 2 aromatic rings. The van der Waals surface area contributed by atoms with Crippen LogP contribution in [-0.2, 0) is 0 Å². The molecule has 0 amide bonds. The third-order valence-electron chi connectivity index (χ3n) is 3.82. The highest BCUT2D eigenvalue weighted by Gasteiger charge is 2.20. The maximum absolute atomic E-state index is 5.98. The minimum atomic E-state index is 0.343. The van der Waals surface area contributed by atoms with E-state index in [4.69, 9.17) is 5.73 Å². The van der Waals surface area contributed by atoms with Crippen LogP contribution in [0.4, 0.5) is 5.82 Å². The molecule has 1 aliphatic heterocycles. The number of nitrogens with two attached hydrogens (primary N) is 1. The van der Waals surface area contributed by atoms with E-state index in [0.29, 0.717) is 12.0 Å². The smallest absolute Gasteiger partial charge is 0.157 e. The normalized spacial score (nSPS) is 17.6. The molecule has 19 heavy (non-hydrogen) atoms. The van der Waals surface area contributed by atoms with Crippen molar-refractivity contribution in [3.63, 3.8) is 0 Å². The SMILES string of the molecule is CC(C)c1cc(N2CCC(N)CC2)n2nccc2n1. The van der Waals surface area contributed by atoms with Gasteiger partial charge in [-0.1, -0.05) is 13.8 Å². The minimum absolute atomic E-state index is 0.343. The second-order valence-corrected chi connectivity index (χ2v) is 5.62. The molecular formula is C14H21N5. The molecule has 3 rings (SSSR count). The molecule has 5 heteroatoms. The fourth-order valence-corrected chi connectivity index (χ4v) is 2.57. The van der Waals surface area contributed by atoms with Crippen LogP contribution >= 0.6 is 0 Å². The number of aromatic nitrogens is 3. The molecule has 3 heterocycles. The number of hydrogen-bond acceptors (Lipinski definition) is 4. The first kappa shape index (κ1) is 12.4. The summed E-state index contributed by atoms with van der Waals surface area (Å²) in [6.07, 6.45) is 3.90. The molecule has 5 nitrogen and oxygen atoms in total. The van der Waals surface area contributed by atoms with Crippen molar-refractivity contribution < 1.29 is 0 Å². The summed E-state index contributed by atoms with van der Waals surface area (Å²) < 4.78 is 1.93. The summed E-state index contributed by atoms with van der Waals surface area (Å²) in [5.74, 6) is 1.57. The van der Waals surface area contributed by atoms with Crippen LogP contribution in [0.1, 0.15) is 38.3 Å². The first-order chi connectivity index (χ1) is 9.15. The Labute approximate surface area is 113 Å². The quantitative estimate of drug-likeness (QED) is 0.893. The van der Waals surface area contributed by atoms with Crippen molar-refractivity contribution in [2.24, 2.45) is 5.73 Å². The lowest BCUT2D eigenvalue weighted by molar-refractivity contribution is 0.495. The fourth-order valence-electron chi connectivity index (χ4n) is 2.57. The Bertz CT molecular complexity index is 566. The Morgan fingerprint density at radius 3 is 2.74 bits per heavy atom. The van der Waals surface area contributed by atoms with Gasteiger partial charge in [-0.05, 0) is 18.8 Å². The van der Waals surface area contributed by atoms with Gasteiger partial charge in [-0.25, -0.2) is 4.98 Å². The molecule has 1 fully saturated rings. The molecule has 0 radical (unpaired) electrons. The molecule has 2 N–H and O–H groups in total. The molecule has 0 spiro atoms. The largest absolute Gasteiger partial charge is 0.356 e. The van der Waals surface area contributed by atoms with Gasteiger partial charge in [0.25, 0.3) is 0 Å². The summed E-state index contributed by atoms with van der Waals surface area (Å²) in [5.41, 5.74) is 8.03. The highest BCUT2D eigenvalue weighted by molar-refractivity contribution is 5.51. The predicted molar refractivity (Wildman–Crippen MR) is 76.5 cm³/mol. The van der Waals surface area contributed by atoms with Crippen molar-refractivity contribution in [1.29, 1.82) is 0 Å². The Hall–Kier alpha value is -1.62. The van der Waals surface area contributed by atoms with Crippen LogP contribution in [0.5, 0.6) is 0 Å². The third-order valence-corrected chi connectivity index (χ3v) is 3.82. The van der Waals surface area contributed by atoms with Crippen LogP contribution in [0.25, 0.3) is 5.65 Å². The molecule has 0 aromatic carbocycles. The summed E-state index contributed by atoms with van der Waals surface area (Å²) in [6, 6.07) is 4.47. The van der Waals surface area contributed by atoms with E-state index in [-0.39, 0.29) is 0 Å². The van der Waals surface area contributed by atoms with E-state index in [2.05, 4.69) is 34.9 Å². The summed E-state index contributed by atoms with van der Waals surface area (Å²) in [5, 5.41) is 4.39. The Kier molecular flexibility index (Phi) is 3.14. The van der Waals surface area contributed by atoms with Gasteiger partial charge in [0.15, 0.2) is 5.65 Å². The Morgan fingerprint density at radius 2 is 2.05 bits per heavy atom.